The van der Waals surface area contributed by atoms with Gasteiger partial charge in [-0.3, -0.25) is 4.79 Å². The predicted octanol–water partition coefficient (Wildman–Crippen LogP) is 2.43. The molecule has 1 saturated heterocycles. The minimum atomic E-state index is -0.243. The zero-order chi connectivity index (χ0) is 11.1. The monoisotopic (exact) mass is 224 g/mol. The minimum absolute atomic E-state index is 0.243. The van der Waals surface area contributed by atoms with E-state index in [4.69, 9.17) is 9.47 Å². The normalized spacial score (nSPS) is 32.4. The van der Waals surface area contributed by atoms with Crippen LogP contribution in [0.25, 0.3) is 0 Å². The van der Waals surface area contributed by atoms with Crippen LogP contribution in [-0.4, -0.2) is 24.8 Å². The molecule has 3 rings (SSSR count). The third-order valence-electron chi connectivity index (χ3n) is 4.75. The smallest absolute Gasteiger partial charge is 0.168 e. The van der Waals surface area contributed by atoms with Crippen molar-refractivity contribution in [3.8, 4) is 0 Å². The number of rotatable bonds is 0. The van der Waals surface area contributed by atoms with Crippen LogP contribution in [0.15, 0.2) is 0 Å². The quantitative estimate of drug-likeness (QED) is 0.634. The Kier molecular flexibility index (Phi) is 2.55. The third kappa shape index (κ3) is 1.80. The van der Waals surface area contributed by atoms with Crippen LogP contribution in [-0.2, 0) is 14.3 Å². The van der Waals surface area contributed by atoms with Crippen molar-refractivity contribution in [3.05, 3.63) is 0 Å². The molecule has 0 radical (unpaired) electrons. The Morgan fingerprint density at radius 3 is 1.94 bits per heavy atom. The Labute approximate surface area is 96.5 Å². The van der Waals surface area contributed by atoms with Gasteiger partial charge in [0.15, 0.2) is 5.79 Å². The minimum Gasteiger partial charge on any atom is -0.348 e. The Morgan fingerprint density at radius 1 is 0.812 bits per heavy atom. The van der Waals surface area contributed by atoms with Crippen LogP contribution >= 0.6 is 0 Å². The molecule has 0 unspecified atom stereocenters. The van der Waals surface area contributed by atoms with Gasteiger partial charge in [0.2, 0.25) is 0 Å². The molecule has 2 aliphatic carbocycles. The highest BCUT2D eigenvalue weighted by molar-refractivity contribution is 5.79. The fraction of sp³-hybridized carbons (Fsp3) is 0.923. The molecule has 0 aromatic carbocycles. The molecule has 90 valence electrons. The lowest BCUT2D eigenvalue weighted by molar-refractivity contribution is -0.194. The highest BCUT2D eigenvalue weighted by Gasteiger charge is 2.46. The van der Waals surface area contributed by atoms with Gasteiger partial charge in [-0.05, 0) is 31.1 Å². The molecule has 2 spiro atoms. The van der Waals surface area contributed by atoms with Gasteiger partial charge in [0.05, 0.1) is 13.2 Å². The van der Waals surface area contributed by atoms with Crippen LogP contribution in [0, 0.1) is 5.41 Å². The van der Waals surface area contributed by atoms with E-state index in [9.17, 15) is 4.79 Å². The second-order valence-electron chi connectivity index (χ2n) is 5.65. The number of hydrogen-bond donors (Lipinski definition) is 0. The van der Waals surface area contributed by atoms with Gasteiger partial charge in [0.25, 0.3) is 0 Å². The molecule has 0 atom stereocenters. The average Bonchev–Trinajstić information content (AvgIpc) is 2.76. The molecule has 0 bridgehead atoms. The van der Waals surface area contributed by atoms with E-state index < -0.39 is 0 Å². The van der Waals surface area contributed by atoms with Gasteiger partial charge in [-0.1, -0.05) is 0 Å². The first-order valence-corrected chi connectivity index (χ1v) is 6.52. The number of carbonyl (C=O) groups excluding carboxylic acids is 1. The lowest BCUT2D eigenvalue weighted by Gasteiger charge is -2.45. The summed E-state index contributed by atoms with van der Waals surface area (Å²) in [5, 5.41) is 0. The first-order chi connectivity index (χ1) is 7.72. The van der Waals surface area contributed by atoms with Gasteiger partial charge in [0.1, 0.15) is 5.78 Å². The zero-order valence-corrected chi connectivity index (χ0v) is 9.80. The largest absolute Gasteiger partial charge is 0.348 e. The summed E-state index contributed by atoms with van der Waals surface area (Å²) >= 11 is 0. The summed E-state index contributed by atoms with van der Waals surface area (Å²) in [6, 6.07) is 0. The summed E-state index contributed by atoms with van der Waals surface area (Å²) in [4.78, 5) is 11.3. The van der Waals surface area contributed by atoms with Gasteiger partial charge in [-0.15, -0.1) is 0 Å². The second kappa shape index (κ2) is 3.81. The van der Waals surface area contributed by atoms with Crippen LogP contribution in [0.2, 0.25) is 0 Å². The number of carbonyl (C=O) groups is 1. The first-order valence-electron chi connectivity index (χ1n) is 6.52. The maximum atomic E-state index is 11.3. The molecule has 0 amide bonds. The Bertz CT molecular complexity index is 270. The molecular formula is C13H20O3. The maximum Gasteiger partial charge on any atom is 0.168 e. The molecule has 1 aliphatic heterocycles. The van der Waals surface area contributed by atoms with Gasteiger partial charge >= 0.3 is 0 Å². The second-order valence-corrected chi connectivity index (χ2v) is 5.65. The van der Waals surface area contributed by atoms with E-state index in [0.717, 1.165) is 51.7 Å². The van der Waals surface area contributed by atoms with E-state index in [2.05, 4.69) is 0 Å². The molecule has 0 aromatic rings. The first kappa shape index (κ1) is 10.7. The molecule has 3 heteroatoms. The summed E-state index contributed by atoms with van der Waals surface area (Å²) in [5.41, 5.74) is 0.439. The SMILES string of the molecule is O=C1CCC2(CC1)CCC1(CC2)OCCO1. The Morgan fingerprint density at radius 2 is 1.38 bits per heavy atom. The van der Waals surface area contributed by atoms with Crippen LogP contribution in [0.3, 0.4) is 0 Å². The predicted molar refractivity (Wildman–Crippen MR) is 59.0 cm³/mol. The van der Waals surface area contributed by atoms with Crippen LogP contribution in [0.1, 0.15) is 51.4 Å². The van der Waals surface area contributed by atoms with E-state index in [1.54, 1.807) is 0 Å². The molecule has 0 N–H and O–H groups in total. The molecule has 2 saturated carbocycles. The maximum absolute atomic E-state index is 11.3. The van der Waals surface area contributed by atoms with Gasteiger partial charge in [-0.2, -0.15) is 0 Å². The van der Waals surface area contributed by atoms with Crippen LogP contribution in [0.4, 0.5) is 0 Å². The van der Waals surface area contributed by atoms with E-state index in [1.807, 2.05) is 0 Å². The van der Waals surface area contributed by atoms with Crippen molar-refractivity contribution in [3.63, 3.8) is 0 Å². The number of ether oxygens (including phenoxy) is 2. The van der Waals surface area contributed by atoms with Crippen molar-refractivity contribution in [2.75, 3.05) is 13.2 Å². The summed E-state index contributed by atoms with van der Waals surface area (Å²) in [7, 11) is 0. The molecular weight excluding hydrogens is 204 g/mol. The lowest BCUT2D eigenvalue weighted by Crippen LogP contribution is -2.41. The third-order valence-corrected chi connectivity index (χ3v) is 4.75. The van der Waals surface area contributed by atoms with E-state index >= 15 is 0 Å². The van der Waals surface area contributed by atoms with Gasteiger partial charge in [0, 0.05) is 25.7 Å². The summed E-state index contributed by atoms with van der Waals surface area (Å²) < 4.78 is 11.5. The summed E-state index contributed by atoms with van der Waals surface area (Å²) in [5.74, 6) is 0.214. The number of Topliss-reactive ketones (excluding diaryl/α,β-unsaturated/α-hetero) is 1. The summed E-state index contributed by atoms with van der Waals surface area (Å²) in [6.45, 7) is 1.51. The number of hydrogen-bond acceptors (Lipinski definition) is 3. The van der Waals surface area contributed by atoms with E-state index in [-0.39, 0.29) is 5.79 Å². The van der Waals surface area contributed by atoms with Crippen molar-refractivity contribution in [1.82, 2.24) is 0 Å². The van der Waals surface area contributed by atoms with Crippen LogP contribution in [0.5, 0.6) is 0 Å². The molecule has 3 aliphatic rings. The van der Waals surface area contributed by atoms with Crippen molar-refractivity contribution in [2.24, 2.45) is 5.41 Å². The highest BCUT2D eigenvalue weighted by atomic mass is 16.7. The van der Waals surface area contributed by atoms with Crippen LogP contribution < -0.4 is 0 Å². The Balaban J connectivity index is 1.63. The fourth-order valence-electron chi connectivity index (χ4n) is 3.51. The van der Waals surface area contributed by atoms with Crippen molar-refractivity contribution >= 4 is 5.78 Å². The van der Waals surface area contributed by atoms with Crippen molar-refractivity contribution in [1.29, 1.82) is 0 Å². The zero-order valence-electron chi connectivity index (χ0n) is 9.80. The molecule has 3 nitrogen and oxygen atoms in total. The van der Waals surface area contributed by atoms with E-state index in [0.29, 0.717) is 11.2 Å². The molecule has 1 heterocycles. The Hall–Kier alpha value is -0.410. The van der Waals surface area contributed by atoms with Gasteiger partial charge < -0.3 is 9.47 Å². The lowest BCUT2D eigenvalue weighted by atomic mass is 9.64. The molecule has 3 fully saturated rings. The average molecular weight is 224 g/mol. The van der Waals surface area contributed by atoms with E-state index in [1.165, 1.54) is 12.8 Å². The van der Waals surface area contributed by atoms with Crippen molar-refractivity contribution in [2.45, 2.75) is 57.2 Å². The van der Waals surface area contributed by atoms with Crippen molar-refractivity contribution < 1.29 is 14.3 Å². The topological polar surface area (TPSA) is 35.5 Å². The highest BCUT2D eigenvalue weighted by Crippen LogP contribution is 2.51. The standard InChI is InChI=1S/C13H20O3/c14-11-1-3-12(4-2-11)5-7-13(8-6-12)15-9-10-16-13/h1-10H2. The fourth-order valence-corrected chi connectivity index (χ4v) is 3.51. The molecule has 0 aromatic heterocycles. The number of ketones is 1. The summed E-state index contributed by atoms with van der Waals surface area (Å²) in [6.07, 6.45) is 8.22. The van der Waals surface area contributed by atoms with Gasteiger partial charge in [-0.25, -0.2) is 0 Å². The molecule has 16 heavy (non-hydrogen) atoms.